The zero-order valence-corrected chi connectivity index (χ0v) is 19.4. The minimum atomic E-state index is -1.58. The van der Waals surface area contributed by atoms with E-state index in [0.717, 1.165) is 0 Å². The number of carboxylic acids is 1. The van der Waals surface area contributed by atoms with Crippen molar-refractivity contribution in [3.05, 3.63) is 29.8 Å². The van der Waals surface area contributed by atoms with Crippen LogP contribution in [0.3, 0.4) is 0 Å². The topological polar surface area (TPSA) is 211 Å². The molecule has 0 heterocycles. The number of phenolic OH excluding ortho intramolecular Hbond substituents is 1. The molecule has 1 aromatic rings. The fourth-order valence-corrected chi connectivity index (χ4v) is 3.00. The fourth-order valence-electron chi connectivity index (χ4n) is 3.00. The van der Waals surface area contributed by atoms with Crippen molar-refractivity contribution in [3.63, 3.8) is 0 Å². The van der Waals surface area contributed by atoms with Gasteiger partial charge in [-0.2, -0.15) is 0 Å². The Kier molecular flexibility index (Phi) is 11.4. The van der Waals surface area contributed by atoms with Crippen molar-refractivity contribution >= 4 is 23.7 Å². The van der Waals surface area contributed by atoms with E-state index < -0.39 is 60.6 Å². The second kappa shape index (κ2) is 13.5. The fraction of sp³-hybridized carbons (Fsp3) is 0.545. The second-order valence-corrected chi connectivity index (χ2v) is 8.47. The molecule has 0 aromatic heterocycles. The molecule has 1 aromatic carbocycles. The van der Waals surface area contributed by atoms with Crippen LogP contribution in [0.2, 0.25) is 0 Å². The monoisotopic (exact) mass is 482 g/mol. The van der Waals surface area contributed by atoms with Gasteiger partial charge in [0.2, 0.25) is 17.7 Å². The van der Waals surface area contributed by atoms with Gasteiger partial charge in [-0.25, -0.2) is 4.79 Å². The van der Waals surface area contributed by atoms with Crippen LogP contribution < -0.4 is 21.7 Å². The van der Waals surface area contributed by atoms with E-state index in [1.54, 1.807) is 0 Å². The van der Waals surface area contributed by atoms with Crippen molar-refractivity contribution < 1.29 is 39.6 Å². The summed E-state index contributed by atoms with van der Waals surface area (Å²) in [6, 6.07) is 0.636. The molecule has 0 saturated carbocycles. The third-order valence-corrected chi connectivity index (χ3v) is 4.97. The number of aliphatic hydroxyl groups is 2. The van der Waals surface area contributed by atoms with Crippen molar-refractivity contribution in [2.24, 2.45) is 11.7 Å². The number of amides is 3. The Morgan fingerprint density at radius 3 is 1.85 bits per heavy atom. The molecule has 12 nitrogen and oxygen atoms in total. The number of hydrogen-bond acceptors (Lipinski definition) is 8. The highest BCUT2D eigenvalue weighted by Crippen LogP contribution is 2.12. The molecular formula is C22H34N4O8. The lowest BCUT2D eigenvalue weighted by Gasteiger charge is -2.26. The molecule has 1 rings (SSSR count). The summed E-state index contributed by atoms with van der Waals surface area (Å²) in [4.78, 5) is 49.4. The van der Waals surface area contributed by atoms with Crippen LogP contribution in [-0.2, 0) is 25.6 Å². The molecule has 0 aliphatic rings. The van der Waals surface area contributed by atoms with E-state index in [1.165, 1.54) is 31.2 Å². The zero-order chi connectivity index (χ0) is 26.0. The first-order chi connectivity index (χ1) is 15.8. The van der Waals surface area contributed by atoms with Crippen LogP contribution in [0, 0.1) is 5.92 Å². The summed E-state index contributed by atoms with van der Waals surface area (Å²) in [5.74, 6) is -3.82. The number of nitrogens with one attached hydrogen (secondary N) is 3. The Morgan fingerprint density at radius 2 is 1.38 bits per heavy atom. The van der Waals surface area contributed by atoms with Gasteiger partial charge in [0.05, 0.1) is 12.7 Å². The first-order valence-corrected chi connectivity index (χ1v) is 10.8. The summed E-state index contributed by atoms with van der Waals surface area (Å²) in [5, 5.41) is 44.5. The number of nitrogens with two attached hydrogens (primary N) is 1. The largest absolute Gasteiger partial charge is 0.508 e. The third-order valence-electron chi connectivity index (χ3n) is 4.97. The summed E-state index contributed by atoms with van der Waals surface area (Å²) < 4.78 is 0. The number of carbonyl (C=O) groups excluding carboxylic acids is 3. The first-order valence-electron chi connectivity index (χ1n) is 10.8. The smallest absolute Gasteiger partial charge is 0.328 e. The molecule has 0 saturated heterocycles. The van der Waals surface area contributed by atoms with Crippen LogP contribution in [0.5, 0.6) is 5.75 Å². The van der Waals surface area contributed by atoms with Crippen molar-refractivity contribution in [3.8, 4) is 5.75 Å². The highest BCUT2D eigenvalue weighted by molar-refractivity contribution is 5.94. The molecule has 9 N–H and O–H groups in total. The SMILES string of the molecule is CC(C)CC(NC(=O)C(N)C(C)O)C(=O)NC(Cc1ccc(O)cc1)C(=O)NC(CO)C(=O)O. The minimum Gasteiger partial charge on any atom is -0.508 e. The van der Waals surface area contributed by atoms with Crippen LogP contribution in [0.25, 0.3) is 0 Å². The van der Waals surface area contributed by atoms with Crippen molar-refractivity contribution in [1.29, 1.82) is 0 Å². The van der Waals surface area contributed by atoms with Gasteiger partial charge >= 0.3 is 5.97 Å². The minimum absolute atomic E-state index is 0.00540. The number of carboxylic acid groups (broad SMARTS) is 1. The number of benzene rings is 1. The molecule has 5 atom stereocenters. The average molecular weight is 483 g/mol. The predicted octanol–water partition coefficient (Wildman–Crippen LogP) is -1.78. The highest BCUT2D eigenvalue weighted by atomic mass is 16.4. The van der Waals surface area contributed by atoms with E-state index in [9.17, 15) is 34.5 Å². The van der Waals surface area contributed by atoms with Gasteiger partial charge in [0.1, 0.15) is 29.9 Å². The van der Waals surface area contributed by atoms with Crippen LogP contribution >= 0.6 is 0 Å². The maximum absolute atomic E-state index is 13.0. The van der Waals surface area contributed by atoms with E-state index in [0.29, 0.717) is 5.56 Å². The lowest BCUT2D eigenvalue weighted by molar-refractivity contribution is -0.143. The van der Waals surface area contributed by atoms with E-state index in [1.807, 2.05) is 13.8 Å². The zero-order valence-electron chi connectivity index (χ0n) is 19.4. The molecule has 0 fully saturated rings. The standard InChI is InChI=1S/C22H34N4O8/c1-11(2)8-15(25-21(32)18(23)12(3)28)19(30)24-16(9-13-4-6-14(29)7-5-13)20(31)26-17(10-27)22(33)34/h4-7,11-12,15-18,27-29H,8-10,23H2,1-3H3,(H,24,30)(H,25,32)(H,26,31)(H,33,34). The molecule has 0 aliphatic carbocycles. The molecule has 3 amide bonds. The summed E-state index contributed by atoms with van der Waals surface area (Å²) in [6.45, 7) is 4.12. The van der Waals surface area contributed by atoms with Crippen LogP contribution in [0.15, 0.2) is 24.3 Å². The Balaban J connectivity index is 3.12. The van der Waals surface area contributed by atoms with Gasteiger partial charge in [0.25, 0.3) is 0 Å². The number of rotatable bonds is 13. The molecule has 0 aliphatic heterocycles. The number of aliphatic carboxylic acids is 1. The van der Waals surface area contributed by atoms with E-state index in [2.05, 4.69) is 16.0 Å². The normalized spacial score (nSPS) is 15.5. The van der Waals surface area contributed by atoms with Crippen LogP contribution in [-0.4, -0.2) is 81.0 Å². The van der Waals surface area contributed by atoms with Crippen molar-refractivity contribution in [1.82, 2.24) is 16.0 Å². The molecule has 5 unspecified atom stereocenters. The van der Waals surface area contributed by atoms with E-state index >= 15 is 0 Å². The number of carbonyl (C=O) groups is 4. The molecule has 0 radical (unpaired) electrons. The van der Waals surface area contributed by atoms with Gasteiger partial charge in [-0.1, -0.05) is 26.0 Å². The summed E-state index contributed by atoms with van der Waals surface area (Å²) in [7, 11) is 0. The highest BCUT2D eigenvalue weighted by Gasteiger charge is 2.31. The molecule has 0 bridgehead atoms. The number of hydrogen-bond donors (Lipinski definition) is 8. The summed E-state index contributed by atoms with van der Waals surface area (Å²) in [6.07, 6.45) is -1.01. The Morgan fingerprint density at radius 1 is 0.882 bits per heavy atom. The van der Waals surface area contributed by atoms with Gasteiger partial charge in [-0.05, 0) is 37.0 Å². The van der Waals surface area contributed by atoms with Crippen LogP contribution in [0.4, 0.5) is 0 Å². The van der Waals surface area contributed by atoms with Gasteiger partial charge in [0, 0.05) is 6.42 Å². The van der Waals surface area contributed by atoms with E-state index in [4.69, 9.17) is 10.8 Å². The van der Waals surface area contributed by atoms with Gasteiger partial charge < -0.3 is 42.1 Å². The molecule has 34 heavy (non-hydrogen) atoms. The Labute approximate surface area is 197 Å². The van der Waals surface area contributed by atoms with Gasteiger partial charge in [0.15, 0.2) is 0 Å². The molecule has 12 heteroatoms. The average Bonchev–Trinajstić information content (AvgIpc) is 2.76. The van der Waals surface area contributed by atoms with Gasteiger partial charge in [-0.15, -0.1) is 0 Å². The number of aromatic hydroxyl groups is 1. The number of aliphatic hydroxyl groups excluding tert-OH is 2. The quantitative estimate of drug-likeness (QED) is 0.159. The summed E-state index contributed by atoms with van der Waals surface area (Å²) in [5.41, 5.74) is 6.19. The van der Waals surface area contributed by atoms with Gasteiger partial charge in [-0.3, -0.25) is 14.4 Å². The Bertz CT molecular complexity index is 844. The molecule has 190 valence electrons. The van der Waals surface area contributed by atoms with Crippen LogP contribution in [0.1, 0.15) is 32.8 Å². The lowest BCUT2D eigenvalue weighted by Crippen LogP contribution is -2.59. The summed E-state index contributed by atoms with van der Waals surface area (Å²) >= 11 is 0. The van der Waals surface area contributed by atoms with Crippen molar-refractivity contribution in [2.75, 3.05) is 6.61 Å². The first kappa shape index (κ1) is 28.8. The third kappa shape index (κ3) is 9.33. The second-order valence-electron chi connectivity index (χ2n) is 8.47. The maximum atomic E-state index is 13.0. The number of phenols is 1. The molecule has 0 spiro atoms. The lowest BCUT2D eigenvalue weighted by atomic mass is 10.00. The van der Waals surface area contributed by atoms with E-state index in [-0.39, 0.29) is 24.5 Å². The van der Waals surface area contributed by atoms with Crippen molar-refractivity contribution in [2.45, 2.75) is 63.9 Å². The molecular weight excluding hydrogens is 448 g/mol. The maximum Gasteiger partial charge on any atom is 0.328 e. The Hall–Kier alpha value is -3.22. The predicted molar refractivity (Wildman–Crippen MR) is 121 cm³/mol.